The molecule has 0 saturated carbocycles. The van der Waals surface area contributed by atoms with Crippen molar-refractivity contribution in [3.05, 3.63) is 22.7 Å². The maximum absolute atomic E-state index is 11.4. The van der Waals surface area contributed by atoms with Gasteiger partial charge in [0, 0.05) is 18.9 Å². The van der Waals surface area contributed by atoms with Gasteiger partial charge < -0.3 is 15.0 Å². The molecule has 0 bridgehead atoms. The summed E-state index contributed by atoms with van der Waals surface area (Å²) in [7, 11) is 0. The zero-order chi connectivity index (χ0) is 10.8. The second kappa shape index (κ2) is 3.72. The molecule has 15 heavy (non-hydrogen) atoms. The molecule has 2 rings (SSSR count). The zero-order valence-electron chi connectivity index (χ0n) is 8.01. The maximum atomic E-state index is 11.4. The van der Waals surface area contributed by atoms with Crippen LogP contribution in [0.25, 0.3) is 0 Å². The molecule has 0 radical (unpaired) electrons. The fraction of sp³-hybridized carbons (Fsp3) is 0.444. The molecule has 1 aromatic rings. The topological polar surface area (TPSA) is 86.3 Å². The highest BCUT2D eigenvalue weighted by atomic mass is 16.4. The molecule has 0 aromatic carbocycles. The van der Waals surface area contributed by atoms with E-state index < -0.39 is 12.0 Å². The Labute approximate surface area is 85.6 Å². The van der Waals surface area contributed by atoms with E-state index in [0.717, 1.165) is 6.42 Å². The molecule has 6 nitrogen and oxygen atoms in total. The molecule has 2 heterocycles. The molecule has 0 amide bonds. The SMILES string of the molecule is O=C(O)C1CCCN1c1ncc[nH]c1=O. The Balaban J connectivity index is 2.35. The summed E-state index contributed by atoms with van der Waals surface area (Å²) < 4.78 is 0. The van der Waals surface area contributed by atoms with Gasteiger partial charge in [-0.3, -0.25) is 4.79 Å². The molecule has 1 aromatic heterocycles. The Kier molecular flexibility index (Phi) is 2.40. The van der Waals surface area contributed by atoms with Crippen LogP contribution in [0, 0.1) is 0 Å². The molecular formula is C9H11N3O3. The number of carboxylic acid groups (broad SMARTS) is 1. The summed E-state index contributed by atoms with van der Waals surface area (Å²) in [5.41, 5.74) is -0.342. The van der Waals surface area contributed by atoms with Crippen molar-refractivity contribution in [2.24, 2.45) is 0 Å². The van der Waals surface area contributed by atoms with E-state index in [1.807, 2.05) is 0 Å². The van der Waals surface area contributed by atoms with E-state index in [-0.39, 0.29) is 11.4 Å². The van der Waals surface area contributed by atoms with Gasteiger partial charge in [0.1, 0.15) is 6.04 Å². The predicted molar refractivity (Wildman–Crippen MR) is 52.9 cm³/mol. The number of hydrogen-bond donors (Lipinski definition) is 2. The van der Waals surface area contributed by atoms with Crippen molar-refractivity contribution >= 4 is 11.8 Å². The van der Waals surface area contributed by atoms with Crippen LogP contribution in [0.5, 0.6) is 0 Å². The van der Waals surface area contributed by atoms with Crippen LogP contribution in [-0.4, -0.2) is 33.6 Å². The first-order valence-corrected chi connectivity index (χ1v) is 4.73. The zero-order valence-corrected chi connectivity index (χ0v) is 8.01. The third kappa shape index (κ3) is 1.70. The molecule has 1 unspecified atom stereocenters. The smallest absolute Gasteiger partial charge is 0.326 e. The van der Waals surface area contributed by atoms with Crippen LogP contribution < -0.4 is 10.5 Å². The first-order valence-electron chi connectivity index (χ1n) is 4.73. The largest absolute Gasteiger partial charge is 0.480 e. The molecule has 1 atom stereocenters. The van der Waals surface area contributed by atoms with Gasteiger partial charge in [-0.25, -0.2) is 9.78 Å². The second-order valence-corrected chi connectivity index (χ2v) is 3.43. The summed E-state index contributed by atoms with van der Waals surface area (Å²) >= 11 is 0. The number of H-pyrrole nitrogens is 1. The van der Waals surface area contributed by atoms with Gasteiger partial charge in [-0.05, 0) is 12.8 Å². The molecular weight excluding hydrogens is 198 g/mol. The standard InChI is InChI=1S/C9H11N3O3/c13-8-7(10-3-4-11-8)12-5-1-2-6(12)9(14)15/h3-4,6H,1-2,5H2,(H,11,13)(H,14,15). The summed E-state index contributed by atoms with van der Waals surface area (Å²) in [5, 5.41) is 8.95. The maximum Gasteiger partial charge on any atom is 0.326 e. The van der Waals surface area contributed by atoms with Crippen LogP contribution in [0.3, 0.4) is 0 Å². The Morgan fingerprint density at radius 2 is 2.47 bits per heavy atom. The molecule has 2 N–H and O–H groups in total. The Bertz CT molecular complexity index is 429. The Morgan fingerprint density at radius 1 is 1.67 bits per heavy atom. The number of aliphatic carboxylic acids is 1. The highest BCUT2D eigenvalue weighted by molar-refractivity contribution is 5.78. The van der Waals surface area contributed by atoms with Gasteiger partial charge in [0.15, 0.2) is 5.82 Å². The van der Waals surface area contributed by atoms with Crippen LogP contribution >= 0.6 is 0 Å². The highest BCUT2D eigenvalue weighted by Crippen LogP contribution is 2.20. The van der Waals surface area contributed by atoms with E-state index in [4.69, 9.17) is 5.11 Å². The molecule has 0 spiro atoms. The van der Waals surface area contributed by atoms with E-state index in [9.17, 15) is 9.59 Å². The molecule has 1 aliphatic heterocycles. The van der Waals surface area contributed by atoms with Crippen LogP contribution in [0.15, 0.2) is 17.2 Å². The van der Waals surface area contributed by atoms with Crippen molar-refractivity contribution in [1.82, 2.24) is 9.97 Å². The number of nitrogens with zero attached hydrogens (tertiary/aromatic N) is 2. The predicted octanol–water partition coefficient (Wildman–Crippen LogP) is -0.177. The molecule has 1 saturated heterocycles. The van der Waals surface area contributed by atoms with Crippen molar-refractivity contribution in [3.63, 3.8) is 0 Å². The number of carbonyl (C=O) groups is 1. The molecule has 0 aliphatic carbocycles. The lowest BCUT2D eigenvalue weighted by atomic mass is 10.2. The molecule has 1 aliphatic rings. The van der Waals surface area contributed by atoms with E-state index >= 15 is 0 Å². The number of hydrogen-bond acceptors (Lipinski definition) is 4. The third-order valence-corrected chi connectivity index (χ3v) is 2.50. The number of nitrogens with one attached hydrogen (secondary N) is 1. The van der Waals surface area contributed by atoms with Crippen molar-refractivity contribution in [3.8, 4) is 0 Å². The first kappa shape index (κ1) is 9.70. The van der Waals surface area contributed by atoms with Crippen LogP contribution in [0.2, 0.25) is 0 Å². The summed E-state index contributed by atoms with van der Waals surface area (Å²) in [6.07, 6.45) is 4.21. The molecule has 6 heteroatoms. The third-order valence-electron chi connectivity index (χ3n) is 2.50. The lowest BCUT2D eigenvalue weighted by Crippen LogP contribution is -2.39. The molecule has 1 fully saturated rings. The Morgan fingerprint density at radius 3 is 3.13 bits per heavy atom. The van der Waals surface area contributed by atoms with E-state index in [2.05, 4.69) is 9.97 Å². The van der Waals surface area contributed by atoms with E-state index in [1.54, 1.807) is 4.90 Å². The van der Waals surface area contributed by atoms with Gasteiger partial charge in [0.2, 0.25) is 0 Å². The van der Waals surface area contributed by atoms with Gasteiger partial charge in [-0.2, -0.15) is 0 Å². The monoisotopic (exact) mass is 209 g/mol. The lowest BCUT2D eigenvalue weighted by molar-refractivity contribution is -0.138. The summed E-state index contributed by atoms with van der Waals surface area (Å²) in [6, 6.07) is -0.624. The van der Waals surface area contributed by atoms with Gasteiger partial charge in [0.25, 0.3) is 5.56 Å². The number of aromatic nitrogens is 2. The summed E-state index contributed by atoms with van der Waals surface area (Å²) in [6.45, 7) is 0.567. The van der Waals surface area contributed by atoms with E-state index in [1.165, 1.54) is 12.4 Å². The van der Waals surface area contributed by atoms with Crippen LogP contribution in [0.1, 0.15) is 12.8 Å². The number of carboxylic acids is 1. The quantitative estimate of drug-likeness (QED) is 0.705. The van der Waals surface area contributed by atoms with Crippen LogP contribution in [-0.2, 0) is 4.79 Å². The fourth-order valence-electron chi connectivity index (χ4n) is 1.83. The normalized spacial score (nSPS) is 20.5. The minimum Gasteiger partial charge on any atom is -0.480 e. The van der Waals surface area contributed by atoms with Gasteiger partial charge in [-0.1, -0.05) is 0 Å². The van der Waals surface area contributed by atoms with Crippen molar-refractivity contribution in [2.75, 3.05) is 11.4 Å². The van der Waals surface area contributed by atoms with Gasteiger partial charge >= 0.3 is 5.97 Å². The molecule has 80 valence electrons. The van der Waals surface area contributed by atoms with Crippen LogP contribution in [0.4, 0.5) is 5.82 Å². The highest BCUT2D eigenvalue weighted by Gasteiger charge is 2.32. The first-order chi connectivity index (χ1) is 7.20. The summed E-state index contributed by atoms with van der Waals surface area (Å²) in [4.78, 5) is 30.3. The lowest BCUT2D eigenvalue weighted by Gasteiger charge is -2.20. The number of aromatic amines is 1. The minimum absolute atomic E-state index is 0.197. The average Bonchev–Trinajstić information content (AvgIpc) is 2.67. The average molecular weight is 209 g/mol. The Hall–Kier alpha value is -1.85. The second-order valence-electron chi connectivity index (χ2n) is 3.43. The van der Waals surface area contributed by atoms with Crippen molar-refractivity contribution in [1.29, 1.82) is 0 Å². The fourth-order valence-corrected chi connectivity index (χ4v) is 1.83. The van der Waals surface area contributed by atoms with Crippen molar-refractivity contribution < 1.29 is 9.90 Å². The number of anilines is 1. The minimum atomic E-state index is -0.905. The van der Waals surface area contributed by atoms with Gasteiger partial charge in [-0.15, -0.1) is 0 Å². The van der Waals surface area contributed by atoms with E-state index in [0.29, 0.717) is 13.0 Å². The van der Waals surface area contributed by atoms with Crippen molar-refractivity contribution in [2.45, 2.75) is 18.9 Å². The summed E-state index contributed by atoms with van der Waals surface area (Å²) in [5.74, 6) is -0.708. The van der Waals surface area contributed by atoms with Gasteiger partial charge in [0.05, 0.1) is 0 Å². The number of rotatable bonds is 2.